The number of phosphoric acid groups is 5. The number of benzene rings is 1. The molecule has 122 heavy (non-hydrogen) atoms. The van der Waals surface area contributed by atoms with E-state index in [9.17, 15) is 113 Å². The molecule has 6 unspecified atom stereocenters. The highest BCUT2D eigenvalue weighted by atomic mass is 32.2. The molecular formula is C65H75N13O38P5S-5. The van der Waals surface area contributed by atoms with Gasteiger partial charge in [-0.15, -0.1) is 5.10 Å². The van der Waals surface area contributed by atoms with Crippen LogP contribution in [0.2, 0.25) is 0 Å². The molecule has 7 aromatic heterocycles. The number of nitrogens with zero attached hydrogens (tertiary/aromatic N) is 9. The highest BCUT2D eigenvalue weighted by molar-refractivity contribution is 7.85. The number of nitrogens with one attached hydrogen (secondary N) is 4. The van der Waals surface area contributed by atoms with Crippen molar-refractivity contribution in [3.05, 3.63) is 207 Å². The zero-order chi connectivity index (χ0) is 88.5. The first-order chi connectivity index (χ1) is 57.3. The van der Waals surface area contributed by atoms with Crippen molar-refractivity contribution in [1.82, 2.24) is 53.2 Å². The minimum absolute atomic E-state index is 0.0288. The second kappa shape index (κ2) is 37.6. The Morgan fingerprint density at radius 3 is 1.59 bits per heavy atom. The number of hydrogen-bond acceptors (Lipinski definition) is 39. The van der Waals surface area contributed by atoms with E-state index < -0.39 is 237 Å². The van der Waals surface area contributed by atoms with Gasteiger partial charge in [-0.05, 0) is 64.5 Å². The van der Waals surface area contributed by atoms with E-state index in [0.717, 1.165) is 60.9 Å². The van der Waals surface area contributed by atoms with Crippen LogP contribution in [0.15, 0.2) is 132 Å². The number of fused-ring (bicyclic) bond motifs is 1. The number of pyridine rings is 1. The summed E-state index contributed by atoms with van der Waals surface area (Å²) in [6, 6.07) is 10.3. The van der Waals surface area contributed by atoms with Crippen LogP contribution in [0.3, 0.4) is 0 Å². The second-order valence-electron chi connectivity index (χ2n) is 27.8. The number of anilines is 1. The van der Waals surface area contributed by atoms with E-state index >= 15 is 0 Å². The third-order valence-electron chi connectivity index (χ3n) is 19.4. The van der Waals surface area contributed by atoms with Crippen molar-refractivity contribution in [3.8, 4) is 0 Å². The van der Waals surface area contributed by atoms with Crippen molar-refractivity contribution in [2.24, 2.45) is 0 Å². The van der Waals surface area contributed by atoms with Crippen molar-refractivity contribution >= 4 is 78.0 Å². The van der Waals surface area contributed by atoms with Crippen LogP contribution < -0.4 is 84.6 Å². The zero-order valence-corrected chi connectivity index (χ0v) is 69.4. The van der Waals surface area contributed by atoms with Gasteiger partial charge in [0.2, 0.25) is 0 Å². The molecule has 6 N–H and O–H groups in total. The lowest BCUT2D eigenvalue weighted by atomic mass is 10.1. The van der Waals surface area contributed by atoms with E-state index in [2.05, 4.69) is 19.7 Å². The first kappa shape index (κ1) is 92.4. The van der Waals surface area contributed by atoms with Crippen LogP contribution in [0.25, 0.3) is 23.1 Å². The van der Waals surface area contributed by atoms with Gasteiger partial charge in [-0.2, -0.15) is 4.57 Å². The first-order valence-electron chi connectivity index (χ1n) is 36.5. The van der Waals surface area contributed by atoms with Gasteiger partial charge in [-0.1, -0.05) is 11.3 Å². The highest BCUT2D eigenvalue weighted by Gasteiger charge is 2.52. The molecule has 12 rings (SSSR count). The average Bonchev–Trinajstić information content (AvgIpc) is 1.60. The Kier molecular flexibility index (Phi) is 28.5. The van der Waals surface area contributed by atoms with Gasteiger partial charge in [0.05, 0.1) is 63.1 Å². The maximum Gasteiger partial charge on any atom is 0.343 e. The number of aromatic nitrogens is 12. The Morgan fingerprint density at radius 1 is 0.590 bits per heavy atom. The number of aryl methyl sites for hydroxylation is 5. The Labute approximate surface area is 683 Å². The SMILES string of the molecule is CCN(CC)c1ccc2cc(/C=C/c3cc[n+](CCCn4cc(CO[C@H]5C(n6ccc(=O)[nH]c6=O)O[C@H](COP(=O)([O-])O[C@H]6C[C@H](n7cc(C)c(=O)[nH]c7=O)O[C@@H]6COP(=O)([O-])O[C@H]6C[C@H](n7cc(C)c(=O)[nH]c7=O)O[C@@H]6COP(=O)([O-])O)[C@H]5OP(=O)([O-])OC[C@H]5O[C@@H](n6cc(C)c(=O)[nH]c6=O)C[C@@H]5OP(=O)([O-])O)nn4)c(S(=O)(=O)[O-])c3)c(=O)oc2c1. The van der Waals surface area contributed by atoms with Gasteiger partial charge in [0.25, 0.3) is 66.4 Å². The molecule has 8 aromatic rings. The van der Waals surface area contributed by atoms with E-state index in [4.69, 9.17) is 59.8 Å². The number of ether oxygens (including phenoxy) is 5. The first-order valence-corrected chi connectivity index (χ1v) is 45.3. The predicted octanol–water partition coefficient (Wildman–Crippen LogP) is -3.61. The summed E-state index contributed by atoms with van der Waals surface area (Å²) in [5.41, 5.74) is -7.72. The zero-order valence-electron chi connectivity index (χ0n) is 64.1. The van der Waals surface area contributed by atoms with Gasteiger partial charge in [0.1, 0.15) is 66.6 Å². The van der Waals surface area contributed by atoms with Crippen LogP contribution in [-0.4, -0.2) is 170 Å². The lowest BCUT2D eigenvalue weighted by molar-refractivity contribution is -0.734. The lowest BCUT2D eigenvalue weighted by Crippen LogP contribution is -2.41. The Balaban J connectivity index is 0.793. The molecule has 1 aromatic carbocycles. The summed E-state index contributed by atoms with van der Waals surface area (Å²) in [4.78, 5) is 211. The van der Waals surface area contributed by atoms with Crippen molar-refractivity contribution in [2.75, 3.05) is 44.4 Å². The summed E-state index contributed by atoms with van der Waals surface area (Å²) in [6.45, 7) is 2.92. The molecule has 4 fully saturated rings. The molecule has 18 atom stereocenters. The number of hydrogen-bond donors (Lipinski definition) is 6. The maximum absolute atomic E-state index is 14.4. The molecular weight excluding hydrogens is 1760 g/mol. The van der Waals surface area contributed by atoms with Gasteiger partial charge in [0, 0.05) is 122 Å². The fourth-order valence-electron chi connectivity index (χ4n) is 13.5. The number of H-pyrrole nitrogens is 4. The molecule has 0 bridgehead atoms. The summed E-state index contributed by atoms with van der Waals surface area (Å²) >= 11 is 0. The van der Waals surface area contributed by atoms with Crippen LogP contribution in [0.5, 0.6) is 0 Å². The van der Waals surface area contributed by atoms with Crippen LogP contribution >= 0.6 is 39.1 Å². The molecule has 11 heterocycles. The van der Waals surface area contributed by atoms with Gasteiger partial charge >= 0.3 is 28.4 Å². The summed E-state index contributed by atoms with van der Waals surface area (Å²) in [5.74, 6) is 0. The molecule has 0 amide bonds. The third-order valence-corrected chi connectivity index (χ3v) is 24.2. The van der Waals surface area contributed by atoms with Crippen molar-refractivity contribution < 1.29 is 139 Å². The summed E-state index contributed by atoms with van der Waals surface area (Å²) < 4.78 is 186. The molecule has 4 aliphatic heterocycles. The van der Waals surface area contributed by atoms with Crippen LogP contribution in [0, 0.1) is 20.8 Å². The summed E-state index contributed by atoms with van der Waals surface area (Å²) in [5, 5.41) is 8.05. The molecule has 51 nitrogen and oxygen atoms in total. The van der Waals surface area contributed by atoms with E-state index in [1.165, 1.54) is 56.1 Å². The van der Waals surface area contributed by atoms with Crippen molar-refractivity contribution in [3.63, 3.8) is 0 Å². The Morgan fingerprint density at radius 2 is 1.09 bits per heavy atom. The molecule has 664 valence electrons. The monoisotopic (exact) mass is 1830 g/mol. The number of rotatable bonds is 37. The predicted molar refractivity (Wildman–Crippen MR) is 398 cm³/mol. The molecule has 0 radical (unpaired) electrons. The quantitative estimate of drug-likeness (QED) is 0.00948. The van der Waals surface area contributed by atoms with Gasteiger partial charge in [-0.25, -0.2) is 32.4 Å². The summed E-state index contributed by atoms with van der Waals surface area (Å²) in [6.07, 6.45) is -17.8. The minimum Gasteiger partial charge on any atom is -0.756 e. The standard InChI is InChI=1S/C65H80N13O38P5S/c1-6-72(7-2)41-12-11-38-20-39(61(83)112-42(38)21-41)10-9-37-13-17-73(54(19-37)122(100,101)102)15-8-16-74-28-40(70-71-74)29-103-56-55(116-121(98,99)106-31-47-43(113-118(91,92)93)22-51(109-47)76-25-34(3)57(80)67-63(76)85)49(111-60(56)75-18-14-50(79)66-62(75)84)33-107-120(96,97)115-45-24-53(78-27-36(5)59(82)69-65(78)87)110-48(45)32-105-119(94,95)114-44-23-52(108-46(44)30-104-117(88,89)90)77-26-35(4)58(81)68-64(77)86/h9-14,17-21,25-28,43-49,51-53,55-56,60H,6-8,15-16,22-24,29-33H2,1-5H3,(H11-,66,67,68,69,79,80,81,82,84,85,86,87,88,89,90,91,92,93,94,95,96,97,98,99,100,101,102)/p-5/t43-,44-,45-,46+,47+,48+,49+,51+,52+,53+,55+,56+,60?/m0/s1. The van der Waals surface area contributed by atoms with E-state index in [1.807, 2.05) is 39.8 Å². The molecule has 0 saturated carbocycles. The molecule has 0 spiro atoms. The number of phosphoric ester groups is 5. The van der Waals surface area contributed by atoms with Crippen LogP contribution in [0.1, 0.15) is 98.0 Å². The smallest absolute Gasteiger partial charge is 0.343 e. The van der Waals surface area contributed by atoms with Crippen molar-refractivity contribution in [1.29, 1.82) is 0 Å². The molecule has 4 saturated heterocycles. The van der Waals surface area contributed by atoms with E-state index in [-0.39, 0.29) is 53.0 Å². The Bertz CT molecular complexity index is 6230. The molecule has 57 heteroatoms. The number of aromatic amines is 4. The highest BCUT2D eigenvalue weighted by Crippen LogP contribution is 2.52. The van der Waals surface area contributed by atoms with Crippen LogP contribution in [-0.2, 0) is 113 Å². The van der Waals surface area contributed by atoms with E-state index in [1.54, 1.807) is 18.2 Å². The average molecular weight is 1830 g/mol. The van der Waals surface area contributed by atoms with Gasteiger partial charge < -0.3 is 108 Å². The minimum atomic E-state index is -6.16. The second-order valence-corrected chi connectivity index (χ2v) is 35.6. The topological polar surface area (TPSA) is 706 Å². The van der Waals surface area contributed by atoms with Gasteiger partial charge in [0.15, 0.2) is 29.1 Å². The third kappa shape index (κ3) is 23.2. The van der Waals surface area contributed by atoms with E-state index in [0.29, 0.717) is 28.6 Å². The largest absolute Gasteiger partial charge is 0.756 e. The Hall–Kier alpha value is -8.76. The van der Waals surface area contributed by atoms with Crippen molar-refractivity contribution in [2.45, 2.75) is 165 Å². The maximum atomic E-state index is 14.4. The fraction of sp³-hybridized carbons (Fsp3) is 0.477. The van der Waals surface area contributed by atoms with Gasteiger partial charge in [-0.3, -0.25) is 84.9 Å². The molecule has 0 aliphatic carbocycles. The fourth-order valence-corrected chi connectivity index (χ4v) is 18.0. The summed E-state index contributed by atoms with van der Waals surface area (Å²) in [7, 11) is -34.7. The lowest BCUT2D eigenvalue weighted by Gasteiger charge is -2.33. The normalized spacial score (nSPS) is 25.1. The van der Waals surface area contributed by atoms with Crippen LogP contribution in [0.4, 0.5) is 5.69 Å². The molecule has 4 aliphatic rings.